The van der Waals surface area contributed by atoms with Crippen molar-refractivity contribution in [3.8, 4) is 0 Å². The SMILES string of the molecule is [NH3+]CCCCNCCCC(O)O. The first-order chi connectivity index (χ1) is 5.77. The second-order valence-corrected chi connectivity index (χ2v) is 2.93. The van der Waals surface area contributed by atoms with Crippen LogP contribution < -0.4 is 11.1 Å². The van der Waals surface area contributed by atoms with Crippen molar-refractivity contribution in [1.82, 2.24) is 5.32 Å². The molecule has 0 saturated carbocycles. The van der Waals surface area contributed by atoms with Crippen LogP contribution in [0.2, 0.25) is 0 Å². The second kappa shape index (κ2) is 8.93. The molecule has 0 spiro atoms. The third-order valence-electron chi connectivity index (χ3n) is 1.67. The molecular weight excluding hydrogens is 156 g/mol. The lowest BCUT2D eigenvalue weighted by Gasteiger charge is -2.04. The summed E-state index contributed by atoms with van der Waals surface area (Å²) in [6.07, 6.45) is 2.46. The van der Waals surface area contributed by atoms with Crippen molar-refractivity contribution < 1.29 is 15.9 Å². The van der Waals surface area contributed by atoms with E-state index in [0.29, 0.717) is 6.42 Å². The van der Waals surface area contributed by atoms with Gasteiger partial charge in [-0.3, -0.25) is 0 Å². The first-order valence-corrected chi connectivity index (χ1v) is 4.63. The van der Waals surface area contributed by atoms with Crippen LogP contribution in [0, 0.1) is 0 Å². The molecule has 0 aliphatic carbocycles. The van der Waals surface area contributed by atoms with E-state index in [1.165, 1.54) is 0 Å². The molecule has 0 fully saturated rings. The number of aliphatic hydroxyl groups excluding tert-OH is 1. The topological polar surface area (TPSA) is 80.1 Å². The van der Waals surface area contributed by atoms with Crippen LogP contribution in [0.5, 0.6) is 0 Å². The summed E-state index contributed by atoms with van der Waals surface area (Å²) in [5.74, 6) is 0. The summed E-state index contributed by atoms with van der Waals surface area (Å²) in [4.78, 5) is 0. The molecule has 0 aliphatic rings. The fourth-order valence-electron chi connectivity index (χ4n) is 0.961. The predicted octanol–water partition coefficient (Wildman–Crippen LogP) is -1.31. The normalized spacial score (nSPS) is 11.0. The van der Waals surface area contributed by atoms with Crippen molar-refractivity contribution in [2.75, 3.05) is 19.6 Å². The zero-order chi connectivity index (χ0) is 9.23. The van der Waals surface area contributed by atoms with Gasteiger partial charge in [0.05, 0.1) is 6.54 Å². The molecule has 6 N–H and O–H groups in total. The van der Waals surface area contributed by atoms with Gasteiger partial charge in [-0.25, -0.2) is 0 Å². The van der Waals surface area contributed by atoms with Crippen LogP contribution in [0.4, 0.5) is 0 Å². The third kappa shape index (κ3) is 9.84. The van der Waals surface area contributed by atoms with Gasteiger partial charge in [-0.05, 0) is 38.8 Å². The molecule has 0 amide bonds. The Morgan fingerprint density at radius 2 is 1.75 bits per heavy atom. The van der Waals surface area contributed by atoms with Gasteiger partial charge < -0.3 is 21.3 Å². The van der Waals surface area contributed by atoms with Crippen LogP contribution in [0.25, 0.3) is 0 Å². The van der Waals surface area contributed by atoms with E-state index < -0.39 is 6.29 Å². The van der Waals surface area contributed by atoms with E-state index in [9.17, 15) is 0 Å². The van der Waals surface area contributed by atoms with E-state index in [1.54, 1.807) is 0 Å². The van der Waals surface area contributed by atoms with E-state index in [0.717, 1.165) is 38.9 Å². The highest BCUT2D eigenvalue weighted by atomic mass is 16.5. The zero-order valence-electron chi connectivity index (χ0n) is 7.63. The van der Waals surface area contributed by atoms with Gasteiger partial charge in [0, 0.05) is 0 Å². The highest BCUT2D eigenvalue weighted by molar-refractivity contribution is 4.49. The lowest BCUT2D eigenvalue weighted by atomic mass is 10.3. The molecule has 0 aromatic rings. The van der Waals surface area contributed by atoms with Crippen LogP contribution >= 0.6 is 0 Å². The van der Waals surface area contributed by atoms with Crippen LogP contribution in [-0.4, -0.2) is 36.1 Å². The predicted molar refractivity (Wildman–Crippen MR) is 47.3 cm³/mol. The van der Waals surface area contributed by atoms with Gasteiger partial charge in [-0.2, -0.15) is 0 Å². The summed E-state index contributed by atoms with van der Waals surface area (Å²) in [6.45, 7) is 2.88. The Balaban J connectivity index is 2.82. The quantitative estimate of drug-likeness (QED) is 0.274. The van der Waals surface area contributed by atoms with E-state index in [2.05, 4.69) is 11.1 Å². The van der Waals surface area contributed by atoms with Crippen LogP contribution in [0.1, 0.15) is 25.7 Å². The standard InChI is InChI=1S/C8H20N2O2/c9-5-1-2-6-10-7-3-4-8(11)12/h8,10-12H,1-7,9H2/p+1. The average Bonchev–Trinajstić information content (AvgIpc) is 2.02. The number of quaternary nitrogens is 1. The van der Waals surface area contributed by atoms with E-state index >= 15 is 0 Å². The molecule has 4 heteroatoms. The molecule has 4 nitrogen and oxygen atoms in total. The minimum Gasteiger partial charge on any atom is -0.368 e. The zero-order valence-corrected chi connectivity index (χ0v) is 7.63. The molecule has 0 rings (SSSR count). The maximum Gasteiger partial charge on any atom is 0.151 e. The van der Waals surface area contributed by atoms with Crippen molar-refractivity contribution in [2.45, 2.75) is 32.0 Å². The summed E-state index contributed by atoms with van der Waals surface area (Å²) in [6, 6.07) is 0. The largest absolute Gasteiger partial charge is 0.368 e. The average molecular weight is 177 g/mol. The Hall–Kier alpha value is -0.160. The minimum atomic E-state index is -1.15. The van der Waals surface area contributed by atoms with Crippen LogP contribution in [0.3, 0.4) is 0 Å². The van der Waals surface area contributed by atoms with Gasteiger partial charge in [-0.1, -0.05) is 0 Å². The summed E-state index contributed by atoms with van der Waals surface area (Å²) in [5, 5.41) is 20.3. The van der Waals surface area contributed by atoms with Gasteiger partial charge >= 0.3 is 0 Å². The molecule has 0 radical (unpaired) electrons. The van der Waals surface area contributed by atoms with Crippen molar-refractivity contribution in [2.24, 2.45) is 0 Å². The number of rotatable bonds is 8. The molecule has 74 valence electrons. The first kappa shape index (κ1) is 11.8. The molecule has 0 aromatic heterocycles. The van der Waals surface area contributed by atoms with E-state index in [4.69, 9.17) is 10.2 Å². The van der Waals surface area contributed by atoms with Gasteiger partial charge in [0.1, 0.15) is 0 Å². The van der Waals surface area contributed by atoms with Gasteiger partial charge in [0.2, 0.25) is 0 Å². The number of hydrogen-bond acceptors (Lipinski definition) is 3. The molecule has 0 atom stereocenters. The highest BCUT2D eigenvalue weighted by Crippen LogP contribution is 1.91. The lowest BCUT2D eigenvalue weighted by molar-refractivity contribution is -0.368. The number of aliphatic hydroxyl groups is 2. The number of nitrogens with one attached hydrogen (secondary N) is 1. The van der Waals surface area contributed by atoms with E-state index in [-0.39, 0.29) is 0 Å². The minimum absolute atomic E-state index is 0.461. The molecule has 0 heterocycles. The summed E-state index contributed by atoms with van der Waals surface area (Å²) >= 11 is 0. The smallest absolute Gasteiger partial charge is 0.151 e. The summed E-state index contributed by atoms with van der Waals surface area (Å²) in [7, 11) is 0. The Kier molecular flexibility index (Phi) is 8.81. The fourth-order valence-corrected chi connectivity index (χ4v) is 0.961. The van der Waals surface area contributed by atoms with E-state index in [1.807, 2.05) is 0 Å². The summed E-state index contributed by atoms with van der Waals surface area (Å²) in [5.41, 5.74) is 3.75. The number of unbranched alkanes of at least 4 members (excludes halogenated alkanes) is 1. The molecule has 0 aromatic carbocycles. The number of hydrogen-bond donors (Lipinski definition) is 4. The molecule has 12 heavy (non-hydrogen) atoms. The molecule has 0 unspecified atom stereocenters. The molecule has 0 aliphatic heterocycles. The summed E-state index contributed by atoms with van der Waals surface area (Å²) < 4.78 is 0. The van der Waals surface area contributed by atoms with Gasteiger partial charge in [-0.15, -0.1) is 0 Å². The second-order valence-electron chi connectivity index (χ2n) is 2.93. The Bertz CT molecular complexity index is 89.1. The third-order valence-corrected chi connectivity index (χ3v) is 1.67. The Morgan fingerprint density at radius 1 is 1.08 bits per heavy atom. The van der Waals surface area contributed by atoms with Crippen LogP contribution in [-0.2, 0) is 0 Å². The van der Waals surface area contributed by atoms with Gasteiger partial charge in [0.25, 0.3) is 0 Å². The van der Waals surface area contributed by atoms with Crippen molar-refractivity contribution in [3.63, 3.8) is 0 Å². The highest BCUT2D eigenvalue weighted by Gasteiger charge is 1.95. The van der Waals surface area contributed by atoms with Gasteiger partial charge in [0.15, 0.2) is 6.29 Å². The first-order valence-electron chi connectivity index (χ1n) is 4.63. The molecule has 0 bridgehead atoms. The van der Waals surface area contributed by atoms with Crippen molar-refractivity contribution in [1.29, 1.82) is 0 Å². The Labute approximate surface area is 73.8 Å². The molecular formula is C8H21N2O2+. The monoisotopic (exact) mass is 177 g/mol. The Morgan fingerprint density at radius 3 is 2.33 bits per heavy atom. The van der Waals surface area contributed by atoms with Crippen molar-refractivity contribution in [3.05, 3.63) is 0 Å². The lowest BCUT2D eigenvalue weighted by Crippen LogP contribution is -2.50. The van der Waals surface area contributed by atoms with Crippen molar-refractivity contribution >= 4 is 0 Å². The fraction of sp³-hybridized carbons (Fsp3) is 1.00. The maximum atomic E-state index is 8.51. The molecule has 0 saturated heterocycles. The maximum absolute atomic E-state index is 8.51. The van der Waals surface area contributed by atoms with Crippen LogP contribution in [0.15, 0.2) is 0 Å².